The van der Waals surface area contributed by atoms with Gasteiger partial charge in [0.1, 0.15) is 5.60 Å². The Morgan fingerprint density at radius 2 is 1.76 bits per heavy atom. The van der Waals surface area contributed by atoms with Crippen molar-refractivity contribution < 1.29 is 9.53 Å². The number of likely N-dealkylation sites (tertiary alicyclic amines) is 1. The van der Waals surface area contributed by atoms with Gasteiger partial charge in [0.25, 0.3) is 0 Å². The van der Waals surface area contributed by atoms with Crippen molar-refractivity contribution in [3.8, 4) is 0 Å². The molecular weight excluding hydrogens is 531 g/mol. The molecule has 1 unspecified atom stereocenters. The fraction of sp³-hybridized carbons (Fsp3) is 0.667. The Morgan fingerprint density at radius 1 is 1.09 bits per heavy atom. The zero-order chi connectivity index (χ0) is 23.0. The van der Waals surface area contributed by atoms with Crippen LogP contribution in [0.1, 0.15) is 32.8 Å². The first-order valence-corrected chi connectivity index (χ1v) is 11.8. The van der Waals surface area contributed by atoms with Crippen molar-refractivity contribution in [1.82, 2.24) is 25.3 Å². The van der Waals surface area contributed by atoms with Crippen LogP contribution < -0.4 is 10.6 Å². The molecule has 1 aromatic carbocycles. The van der Waals surface area contributed by atoms with Gasteiger partial charge in [-0.2, -0.15) is 0 Å². The number of guanidine groups is 1. The van der Waals surface area contributed by atoms with Gasteiger partial charge in [-0.05, 0) is 32.8 Å². The van der Waals surface area contributed by atoms with Crippen molar-refractivity contribution >= 4 is 36.0 Å². The van der Waals surface area contributed by atoms with Crippen LogP contribution in [0.2, 0.25) is 0 Å². The number of halogens is 1. The maximum atomic E-state index is 12.0. The second-order valence-electron chi connectivity index (χ2n) is 9.66. The van der Waals surface area contributed by atoms with Crippen molar-refractivity contribution in [2.75, 3.05) is 59.4 Å². The highest BCUT2D eigenvalue weighted by molar-refractivity contribution is 14.0. The van der Waals surface area contributed by atoms with Gasteiger partial charge in [-0.25, -0.2) is 4.79 Å². The summed E-state index contributed by atoms with van der Waals surface area (Å²) >= 11 is 0. The van der Waals surface area contributed by atoms with Crippen molar-refractivity contribution in [2.45, 2.75) is 45.4 Å². The molecule has 0 aromatic heterocycles. The Bertz CT molecular complexity index is 747. The third-order valence-electron chi connectivity index (χ3n) is 5.85. The molecule has 0 radical (unpaired) electrons. The molecule has 2 aliphatic heterocycles. The van der Waals surface area contributed by atoms with E-state index in [-0.39, 0.29) is 36.1 Å². The molecule has 2 saturated heterocycles. The molecule has 8 nitrogen and oxygen atoms in total. The standard InChI is InChI=1S/C24H40N6O2.HI/c1-24(2,3)32-23(31)27-21-10-12-30(19-21)22(25-4)26-11-13-28-14-16-29(17-15-28)18-20-8-6-5-7-9-20;/h5-9,21H,10-19H2,1-4H3,(H,25,26)(H,27,31);1H. The minimum absolute atomic E-state index is 0. The lowest BCUT2D eigenvalue weighted by atomic mass is 10.2. The van der Waals surface area contributed by atoms with E-state index in [1.165, 1.54) is 5.56 Å². The SMILES string of the molecule is CN=C(NCCN1CCN(Cc2ccccc2)CC1)N1CCC(NC(=O)OC(C)(C)C)C1.I. The summed E-state index contributed by atoms with van der Waals surface area (Å²) in [5.74, 6) is 0.904. The van der Waals surface area contributed by atoms with Gasteiger partial charge in [0, 0.05) is 66.0 Å². The van der Waals surface area contributed by atoms with Crippen LogP contribution in [0.5, 0.6) is 0 Å². The molecule has 33 heavy (non-hydrogen) atoms. The molecule has 2 fully saturated rings. The van der Waals surface area contributed by atoms with E-state index < -0.39 is 5.60 Å². The number of hydrogen-bond donors (Lipinski definition) is 2. The van der Waals surface area contributed by atoms with E-state index >= 15 is 0 Å². The second kappa shape index (κ2) is 13.3. The molecule has 2 aliphatic rings. The van der Waals surface area contributed by atoms with Crippen LogP contribution in [0.15, 0.2) is 35.3 Å². The van der Waals surface area contributed by atoms with Gasteiger partial charge in [0.15, 0.2) is 5.96 Å². The summed E-state index contributed by atoms with van der Waals surface area (Å²) < 4.78 is 5.37. The molecule has 1 amide bonds. The maximum Gasteiger partial charge on any atom is 0.407 e. The van der Waals surface area contributed by atoms with Gasteiger partial charge in [0.05, 0.1) is 6.04 Å². The summed E-state index contributed by atoms with van der Waals surface area (Å²) in [5, 5.41) is 6.47. The minimum atomic E-state index is -0.479. The summed E-state index contributed by atoms with van der Waals surface area (Å²) in [6.07, 6.45) is 0.544. The first-order chi connectivity index (χ1) is 15.3. The fourth-order valence-corrected chi connectivity index (χ4v) is 4.22. The Hall–Kier alpha value is -1.59. The van der Waals surface area contributed by atoms with Crippen molar-refractivity contribution in [1.29, 1.82) is 0 Å². The van der Waals surface area contributed by atoms with Crippen LogP contribution in [0, 0.1) is 0 Å². The normalized spacial score (nSPS) is 20.3. The van der Waals surface area contributed by atoms with Crippen LogP contribution in [-0.4, -0.2) is 97.8 Å². The number of carbonyl (C=O) groups is 1. The number of ether oxygens (including phenoxy) is 1. The zero-order valence-corrected chi connectivity index (χ0v) is 22.9. The summed E-state index contributed by atoms with van der Waals surface area (Å²) in [7, 11) is 1.82. The maximum absolute atomic E-state index is 12.0. The fourth-order valence-electron chi connectivity index (χ4n) is 4.22. The number of alkyl carbamates (subject to hydrolysis) is 1. The first kappa shape index (κ1) is 27.7. The third kappa shape index (κ3) is 9.66. The topological polar surface area (TPSA) is 72.4 Å². The van der Waals surface area contributed by atoms with Gasteiger partial charge in [-0.3, -0.25) is 14.8 Å². The molecule has 2 heterocycles. The van der Waals surface area contributed by atoms with Crippen molar-refractivity contribution in [3.05, 3.63) is 35.9 Å². The van der Waals surface area contributed by atoms with Crippen LogP contribution in [0.25, 0.3) is 0 Å². The summed E-state index contributed by atoms with van der Waals surface area (Å²) in [5.41, 5.74) is 0.906. The number of carbonyl (C=O) groups excluding carboxylic acids is 1. The number of nitrogens with zero attached hydrogens (tertiary/aromatic N) is 4. The average molecular weight is 573 g/mol. The van der Waals surface area contributed by atoms with E-state index in [1.54, 1.807) is 0 Å². The van der Waals surface area contributed by atoms with Gasteiger partial charge in [-0.15, -0.1) is 24.0 Å². The molecule has 0 spiro atoms. The summed E-state index contributed by atoms with van der Waals surface area (Å²) in [6.45, 7) is 14.6. The predicted molar refractivity (Wildman–Crippen MR) is 144 cm³/mol. The Kier molecular flexibility index (Phi) is 11.2. The number of rotatable bonds is 6. The number of amides is 1. The van der Waals surface area contributed by atoms with E-state index in [4.69, 9.17) is 4.74 Å². The smallest absolute Gasteiger partial charge is 0.407 e. The number of piperazine rings is 1. The minimum Gasteiger partial charge on any atom is -0.444 e. The molecule has 1 atom stereocenters. The van der Waals surface area contributed by atoms with Crippen molar-refractivity contribution in [2.24, 2.45) is 4.99 Å². The molecule has 9 heteroatoms. The molecule has 2 N–H and O–H groups in total. The molecule has 3 rings (SSSR count). The number of aliphatic imine (C=N–C) groups is 1. The Balaban J connectivity index is 0.00000385. The molecule has 1 aromatic rings. The average Bonchev–Trinajstić information content (AvgIpc) is 3.20. The van der Waals surface area contributed by atoms with E-state index in [9.17, 15) is 4.79 Å². The number of nitrogens with one attached hydrogen (secondary N) is 2. The van der Waals surface area contributed by atoms with Gasteiger partial charge in [0.2, 0.25) is 0 Å². The van der Waals surface area contributed by atoms with Gasteiger partial charge in [-0.1, -0.05) is 30.3 Å². The van der Waals surface area contributed by atoms with E-state index in [1.807, 2.05) is 27.8 Å². The monoisotopic (exact) mass is 572 g/mol. The predicted octanol–water partition coefficient (Wildman–Crippen LogP) is 2.60. The lowest BCUT2D eigenvalue weighted by Crippen LogP contribution is -2.49. The lowest BCUT2D eigenvalue weighted by molar-refractivity contribution is 0.0507. The van der Waals surface area contributed by atoms with Crippen LogP contribution >= 0.6 is 24.0 Å². The first-order valence-electron chi connectivity index (χ1n) is 11.8. The zero-order valence-electron chi connectivity index (χ0n) is 20.5. The van der Waals surface area contributed by atoms with E-state index in [0.717, 1.165) is 71.3 Å². The summed E-state index contributed by atoms with van der Waals surface area (Å²) in [4.78, 5) is 23.7. The second-order valence-corrected chi connectivity index (χ2v) is 9.66. The quantitative estimate of drug-likeness (QED) is 0.311. The van der Waals surface area contributed by atoms with Gasteiger partial charge < -0.3 is 20.3 Å². The lowest BCUT2D eigenvalue weighted by Gasteiger charge is -2.35. The molecule has 186 valence electrons. The molecule has 0 aliphatic carbocycles. The van der Waals surface area contributed by atoms with Gasteiger partial charge >= 0.3 is 6.09 Å². The highest BCUT2D eigenvalue weighted by Crippen LogP contribution is 2.12. The molecule has 0 saturated carbocycles. The highest BCUT2D eigenvalue weighted by Gasteiger charge is 2.28. The van der Waals surface area contributed by atoms with Crippen molar-refractivity contribution in [3.63, 3.8) is 0 Å². The van der Waals surface area contributed by atoms with Crippen LogP contribution in [0.4, 0.5) is 4.79 Å². The van der Waals surface area contributed by atoms with Crippen LogP contribution in [0.3, 0.4) is 0 Å². The van der Waals surface area contributed by atoms with E-state index in [0.29, 0.717) is 0 Å². The van der Waals surface area contributed by atoms with E-state index in [2.05, 4.69) is 60.7 Å². The number of hydrogen-bond acceptors (Lipinski definition) is 5. The molecular formula is C24H41IN6O2. The number of benzene rings is 1. The Labute approximate surface area is 216 Å². The molecule has 0 bridgehead atoms. The largest absolute Gasteiger partial charge is 0.444 e. The summed E-state index contributed by atoms with van der Waals surface area (Å²) in [6, 6.07) is 10.8. The Morgan fingerprint density at radius 3 is 2.39 bits per heavy atom. The van der Waals surface area contributed by atoms with Crippen LogP contribution in [-0.2, 0) is 11.3 Å². The highest BCUT2D eigenvalue weighted by atomic mass is 127. The third-order valence-corrected chi connectivity index (χ3v) is 5.85.